The van der Waals surface area contributed by atoms with Gasteiger partial charge in [-0.25, -0.2) is 4.39 Å². The van der Waals surface area contributed by atoms with E-state index in [4.69, 9.17) is 17.3 Å². The van der Waals surface area contributed by atoms with E-state index in [0.29, 0.717) is 21.8 Å². The monoisotopic (exact) mass is 356 g/mol. The van der Waals surface area contributed by atoms with Crippen LogP contribution in [0.25, 0.3) is 0 Å². The van der Waals surface area contributed by atoms with Gasteiger partial charge in [0.2, 0.25) is 0 Å². The Kier molecular flexibility index (Phi) is 4.62. The van der Waals surface area contributed by atoms with Crippen LogP contribution < -0.4 is 11.1 Å². The van der Waals surface area contributed by atoms with Crippen LogP contribution in [0.1, 0.15) is 15.9 Å². The van der Waals surface area contributed by atoms with Crippen molar-refractivity contribution in [2.24, 2.45) is 0 Å². The third kappa shape index (κ3) is 3.49. The Labute approximate surface area is 129 Å². The lowest BCUT2D eigenvalue weighted by atomic mass is 10.1. The maximum Gasteiger partial charge on any atom is 0.251 e. The van der Waals surface area contributed by atoms with E-state index in [2.05, 4.69) is 21.2 Å². The second-order valence-electron chi connectivity index (χ2n) is 4.15. The Morgan fingerprint density at radius 1 is 1.30 bits per heavy atom. The number of hydrogen-bond donors (Lipinski definition) is 2. The zero-order valence-electron chi connectivity index (χ0n) is 10.3. The van der Waals surface area contributed by atoms with Crippen LogP contribution in [0.15, 0.2) is 40.9 Å². The highest BCUT2D eigenvalue weighted by Gasteiger charge is 2.09. The number of nitrogens with one attached hydrogen (secondary N) is 1. The van der Waals surface area contributed by atoms with Crippen molar-refractivity contribution in [3.05, 3.63) is 62.8 Å². The third-order valence-electron chi connectivity index (χ3n) is 2.71. The molecule has 0 spiro atoms. The molecule has 0 radical (unpaired) electrons. The lowest BCUT2D eigenvalue weighted by Gasteiger charge is -2.08. The first-order valence-corrected chi connectivity index (χ1v) is 6.91. The quantitative estimate of drug-likeness (QED) is 0.822. The number of halogens is 3. The Morgan fingerprint density at radius 3 is 2.75 bits per heavy atom. The summed E-state index contributed by atoms with van der Waals surface area (Å²) < 4.78 is 14.3. The zero-order valence-corrected chi connectivity index (χ0v) is 12.6. The molecule has 0 saturated heterocycles. The van der Waals surface area contributed by atoms with Gasteiger partial charge in [-0.05, 0) is 36.4 Å². The molecule has 0 aliphatic heterocycles. The summed E-state index contributed by atoms with van der Waals surface area (Å²) in [4.78, 5) is 11.9. The Balaban J connectivity index is 2.08. The minimum atomic E-state index is -0.371. The van der Waals surface area contributed by atoms with E-state index < -0.39 is 0 Å². The molecule has 0 aromatic heterocycles. The van der Waals surface area contributed by atoms with E-state index in [9.17, 15) is 9.18 Å². The lowest BCUT2D eigenvalue weighted by molar-refractivity contribution is 0.0950. The normalized spacial score (nSPS) is 10.3. The molecule has 3 nitrogen and oxygen atoms in total. The summed E-state index contributed by atoms with van der Waals surface area (Å²) in [5, 5.41) is 3.02. The number of rotatable bonds is 3. The van der Waals surface area contributed by atoms with Gasteiger partial charge in [-0.1, -0.05) is 27.5 Å². The number of carbonyl (C=O) groups excluding carboxylic acids is 1. The van der Waals surface area contributed by atoms with Gasteiger partial charge in [0, 0.05) is 22.1 Å². The van der Waals surface area contributed by atoms with Gasteiger partial charge in [-0.3, -0.25) is 4.79 Å². The number of carbonyl (C=O) groups is 1. The van der Waals surface area contributed by atoms with Crippen molar-refractivity contribution in [2.75, 3.05) is 5.73 Å². The van der Waals surface area contributed by atoms with E-state index in [-0.39, 0.29) is 18.3 Å². The van der Waals surface area contributed by atoms with Crippen LogP contribution in [-0.4, -0.2) is 5.91 Å². The SMILES string of the molecule is Nc1cc(C(=O)NCc2cc(Br)ccc2F)ccc1Cl. The maximum atomic E-state index is 13.5. The van der Waals surface area contributed by atoms with Crippen LogP contribution in [0.2, 0.25) is 5.02 Å². The minimum absolute atomic E-state index is 0.0899. The summed E-state index contributed by atoms with van der Waals surface area (Å²) in [5.41, 5.74) is 6.73. The first-order chi connectivity index (χ1) is 9.47. The predicted octanol–water partition coefficient (Wildman–Crippen LogP) is 3.75. The van der Waals surface area contributed by atoms with Gasteiger partial charge in [-0.2, -0.15) is 0 Å². The van der Waals surface area contributed by atoms with Gasteiger partial charge in [0.15, 0.2) is 0 Å². The molecule has 2 aromatic carbocycles. The summed E-state index contributed by atoms with van der Waals surface area (Å²) in [6, 6.07) is 9.14. The maximum absolute atomic E-state index is 13.5. The van der Waals surface area contributed by atoms with E-state index in [1.807, 2.05) is 0 Å². The summed E-state index contributed by atoms with van der Waals surface area (Å²) in [7, 11) is 0. The number of anilines is 1. The molecule has 0 unspecified atom stereocenters. The lowest BCUT2D eigenvalue weighted by Crippen LogP contribution is -2.23. The van der Waals surface area contributed by atoms with E-state index in [1.54, 1.807) is 24.3 Å². The molecule has 0 atom stereocenters. The number of amides is 1. The summed E-state index contributed by atoms with van der Waals surface area (Å²) in [6.45, 7) is 0.0899. The largest absolute Gasteiger partial charge is 0.398 e. The van der Waals surface area contributed by atoms with E-state index >= 15 is 0 Å². The molecule has 0 saturated carbocycles. The van der Waals surface area contributed by atoms with Crippen LogP contribution in [0, 0.1) is 5.82 Å². The molecule has 6 heteroatoms. The first-order valence-electron chi connectivity index (χ1n) is 5.74. The van der Waals surface area contributed by atoms with Gasteiger partial charge >= 0.3 is 0 Å². The first kappa shape index (κ1) is 14.8. The zero-order chi connectivity index (χ0) is 14.7. The number of benzene rings is 2. The van der Waals surface area contributed by atoms with Crippen molar-refractivity contribution in [1.29, 1.82) is 0 Å². The molecule has 2 rings (SSSR count). The van der Waals surface area contributed by atoms with Gasteiger partial charge < -0.3 is 11.1 Å². The molecule has 3 N–H and O–H groups in total. The Morgan fingerprint density at radius 2 is 2.05 bits per heavy atom. The third-order valence-corrected chi connectivity index (χ3v) is 3.54. The van der Waals surface area contributed by atoms with Gasteiger partial charge in [-0.15, -0.1) is 0 Å². The fourth-order valence-corrected chi connectivity index (χ4v) is 2.17. The molecule has 0 aliphatic rings. The molecule has 0 bridgehead atoms. The molecule has 0 heterocycles. The second-order valence-corrected chi connectivity index (χ2v) is 5.48. The molecule has 0 aliphatic carbocycles. The van der Waals surface area contributed by atoms with Gasteiger partial charge in [0.1, 0.15) is 5.82 Å². The summed E-state index contributed by atoms with van der Waals surface area (Å²) in [6.07, 6.45) is 0. The van der Waals surface area contributed by atoms with Gasteiger partial charge in [0.25, 0.3) is 5.91 Å². The van der Waals surface area contributed by atoms with Crippen LogP contribution in [-0.2, 0) is 6.54 Å². The van der Waals surface area contributed by atoms with Crippen molar-refractivity contribution in [3.63, 3.8) is 0 Å². The molecule has 0 fully saturated rings. The Hall–Kier alpha value is -1.59. The molecule has 104 valence electrons. The molecule has 2 aromatic rings. The van der Waals surface area contributed by atoms with Crippen molar-refractivity contribution in [1.82, 2.24) is 5.32 Å². The highest BCUT2D eigenvalue weighted by molar-refractivity contribution is 9.10. The summed E-state index contributed by atoms with van der Waals surface area (Å²) >= 11 is 9.04. The van der Waals surface area contributed by atoms with Crippen molar-refractivity contribution < 1.29 is 9.18 Å². The van der Waals surface area contributed by atoms with Crippen molar-refractivity contribution >= 4 is 39.1 Å². The van der Waals surface area contributed by atoms with Gasteiger partial charge in [0.05, 0.1) is 10.7 Å². The van der Waals surface area contributed by atoms with Crippen molar-refractivity contribution in [3.8, 4) is 0 Å². The number of nitrogen functional groups attached to an aromatic ring is 1. The number of nitrogens with two attached hydrogens (primary N) is 1. The smallest absolute Gasteiger partial charge is 0.251 e. The average molecular weight is 358 g/mol. The molecular weight excluding hydrogens is 347 g/mol. The highest BCUT2D eigenvalue weighted by Crippen LogP contribution is 2.20. The van der Waals surface area contributed by atoms with E-state index in [1.165, 1.54) is 12.1 Å². The molecule has 20 heavy (non-hydrogen) atoms. The topological polar surface area (TPSA) is 55.1 Å². The number of hydrogen-bond acceptors (Lipinski definition) is 2. The fraction of sp³-hybridized carbons (Fsp3) is 0.0714. The van der Waals surface area contributed by atoms with Crippen LogP contribution in [0.3, 0.4) is 0 Å². The average Bonchev–Trinajstić information content (AvgIpc) is 2.42. The second kappa shape index (κ2) is 6.24. The van der Waals surface area contributed by atoms with Crippen LogP contribution in [0.4, 0.5) is 10.1 Å². The fourth-order valence-electron chi connectivity index (χ4n) is 1.64. The predicted molar refractivity (Wildman–Crippen MR) is 81.1 cm³/mol. The Bertz CT molecular complexity index is 664. The standard InChI is InChI=1S/C14H11BrClFN2O/c15-10-2-4-12(17)9(5-10)7-19-14(20)8-1-3-11(16)13(18)6-8/h1-6H,7,18H2,(H,19,20). The van der Waals surface area contributed by atoms with E-state index in [0.717, 1.165) is 4.47 Å². The molecular formula is C14H11BrClFN2O. The molecule has 1 amide bonds. The summed E-state index contributed by atoms with van der Waals surface area (Å²) in [5.74, 6) is -0.711. The highest BCUT2D eigenvalue weighted by atomic mass is 79.9. The van der Waals surface area contributed by atoms with Crippen LogP contribution in [0.5, 0.6) is 0 Å². The van der Waals surface area contributed by atoms with Crippen LogP contribution >= 0.6 is 27.5 Å². The minimum Gasteiger partial charge on any atom is -0.398 e. The van der Waals surface area contributed by atoms with Crippen molar-refractivity contribution in [2.45, 2.75) is 6.54 Å².